The topological polar surface area (TPSA) is 77.9 Å². The van der Waals surface area contributed by atoms with Gasteiger partial charge in [0.2, 0.25) is 10.0 Å². The molecule has 1 N–H and O–H groups in total. The average molecular weight is 318 g/mol. The Bertz CT molecular complexity index is 430. The minimum Gasteiger partial charge on any atom is -0.480 e. The second-order valence-corrected chi connectivity index (χ2v) is 6.69. The van der Waals surface area contributed by atoms with Crippen LogP contribution in [0.5, 0.6) is 0 Å². The number of hydrogen-bond donors (Lipinski definition) is 1. The number of carbonyl (C=O) groups is 1. The molecule has 1 saturated heterocycles. The number of rotatable bonds is 6. The Labute approximate surface area is 115 Å². The van der Waals surface area contributed by atoms with Gasteiger partial charge in [-0.1, -0.05) is 0 Å². The van der Waals surface area contributed by atoms with Gasteiger partial charge < -0.3 is 5.11 Å². The number of piperazine rings is 1. The maximum absolute atomic E-state index is 12.0. The van der Waals surface area contributed by atoms with Gasteiger partial charge in [0.05, 0.1) is 12.3 Å². The number of alkyl halides is 3. The Morgan fingerprint density at radius 2 is 1.70 bits per heavy atom. The first-order valence-corrected chi connectivity index (χ1v) is 7.70. The minimum absolute atomic E-state index is 0.113. The molecule has 1 aliphatic heterocycles. The Hall–Kier alpha value is -0.870. The minimum atomic E-state index is -4.35. The summed E-state index contributed by atoms with van der Waals surface area (Å²) < 4.78 is 60.7. The molecule has 1 rings (SSSR count). The molecule has 1 fully saturated rings. The smallest absolute Gasteiger partial charge is 0.389 e. The Balaban J connectivity index is 2.41. The molecule has 20 heavy (non-hydrogen) atoms. The van der Waals surface area contributed by atoms with E-state index in [0.717, 1.165) is 4.31 Å². The van der Waals surface area contributed by atoms with Gasteiger partial charge in [-0.25, -0.2) is 8.42 Å². The molecule has 1 heterocycles. The zero-order chi connectivity index (χ0) is 15.4. The van der Waals surface area contributed by atoms with Gasteiger partial charge in [0, 0.05) is 32.6 Å². The standard InChI is InChI=1S/C10H17F3N2O4S/c11-10(12,13)2-1-7-20(18,19)15-5-3-14(4-6-15)8-9(16)17/h1-8H2,(H,16,17). The molecule has 0 bridgehead atoms. The van der Waals surface area contributed by atoms with Gasteiger partial charge in [0.1, 0.15) is 0 Å². The molecule has 0 aliphatic carbocycles. The van der Waals surface area contributed by atoms with E-state index in [4.69, 9.17) is 5.11 Å². The zero-order valence-electron chi connectivity index (χ0n) is 10.8. The van der Waals surface area contributed by atoms with Crippen molar-refractivity contribution in [1.82, 2.24) is 9.21 Å². The molecule has 0 spiro atoms. The molecule has 0 aromatic carbocycles. The number of carboxylic acids is 1. The second-order valence-electron chi connectivity index (χ2n) is 4.60. The lowest BCUT2D eigenvalue weighted by Crippen LogP contribution is -2.50. The molecular formula is C10H17F3N2O4S. The second kappa shape index (κ2) is 6.72. The van der Waals surface area contributed by atoms with E-state index in [9.17, 15) is 26.4 Å². The van der Waals surface area contributed by atoms with Crippen LogP contribution in [0.3, 0.4) is 0 Å². The van der Waals surface area contributed by atoms with Crippen molar-refractivity contribution in [3.8, 4) is 0 Å². The summed E-state index contributed by atoms with van der Waals surface area (Å²) in [5.41, 5.74) is 0. The Morgan fingerprint density at radius 3 is 2.15 bits per heavy atom. The van der Waals surface area contributed by atoms with E-state index >= 15 is 0 Å². The first kappa shape index (κ1) is 17.2. The van der Waals surface area contributed by atoms with Crippen LogP contribution in [0.2, 0.25) is 0 Å². The van der Waals surface area contributed by atoms with Gasteiger partial charge >= 0.3 is 12.1 Å². The average Bonchev–Trinajstić information content (AvgIpc) is 2.26. The summed E-state index contributed by atoms with van der Waals surface area (Å²) in [6.45, 7) is 0.598. The van der Waals surface area contributed by atoms with E-state index in [2.05, 4.69) is 0 Å². The lowest BCUT2D eigenvalue weighted by Gasteiger charge is -2.33. The Kier molecular flexibility index (Phi) is 5.78. The van der Waals surface area contributed by atoms with Crippen molar-refractivity contribution in [3.05, 3.63) is 0 Å². The fraction of sp³-hybridized carbons (Fsp3) is 0.900. The third-order valence-electron chi connectivity index (χ3n) is 2.95. The molecular weight excluding hydrogens is 301 g/mol. The highest BCUT2D eigenvalue weighted by atomic mass is 32.2. The summed E-state index contributed by atoms with van der Waals surface area (Å²) in [7, 11) is -3.70. The summed E-state index contributed by atoms with van der Waals surface area (Å²) in [4.78, 5) is 12.1. The normalized spacial score (nSPS) is 19.1. The maximum atomic E-state index is 12.0. The highest BCUT2D eigenvalue weighted by Crippen LogP contribution is 2.22. The van der Waals surface area contributed by atoms with E-state index in [0.29, 0.717) is 0 Å². The van der Waals surface area contributed by atoms with Crippen molar-refractivity contribution in [2.24, 2.45) is 0 Å². The van der Waals surface area contributed by atoms with Crippen LogP contribution in [0.1, 0.15) is 12.8 Å². The highest BCUT2D eigenvalue weighted by Gasteiger charge is 2.30. The molecule has 0 aromatic rings. The van der Waals surface area contributed by atoms with Crippen molar-refractivity contribution >= 4 is 16.0 Å². The van der Waals surface area contributed by atoms with Gasteiger partial charge in [-0.05, 0) is 6.42 Å². The summed E-state index contributed by atoms with van der Waals surface area (Å²) in [5.74, 6) is -1.53. The predicted octanol–water partition coefficient (Wildman–Crippen LogP) is 0.361. The number of hydrogen-bond acceptors (Lipinski definition) is 4. The summed E-state index contributed by atoms with van der Waals surface area (Å²) >= 11 is 0. The van der Waals surface area contributed by atoms with Crippen LogP contribution < -0.4 is 0 Å². The molecule has 118 valence electrons. The van der Waals surface area contributed by atoms with Crippen LogP contribution in [0, 0.1) is 0 Å². The number of halogens is 3. The van der Waals surface area contributed by atoms with Gasteiger partial charge in [0.25, 0.3) is 0 Å². The third kappa shape index (κ3) is 6.06. The van der Waals surface area contributed by atoms with Gasteiger partial charge in [0.15, 0.2) is 0 Å². The molecule has 0 amide bonds. The molecule has 0 saturated carbocycles. The van der Waals surface area contributed by atoms with E-state index in [1.54, 1.807) is 4.90 Å². The zero-order valence-corrected chi connectivity index (χ0v) is 11.6. The van der Waals surface area contributed by atoms with E-state index in [1.807, 2.05) is 0 Å². The monoisotopic (exact) mass is 318 g/mol. The van der Waals surface area contributed by atoms with E-state index in [1.165, 1.54) is 0 Å². The van der Waals surface area contributed by atoms with Crippen molar-refractivity contribution in [1.29, 1.82) is 0 Å². The quantitative estimate of drug-likeness (QED) is 0.765. The van der Waals surface area contributed by atoms with Crippen LogP contribution in [0.25, 0.3) is 0 Å². The third-order valence-corrected chi connectivity index (χ3v) is 4.90. The molecule has 0 radical (unpaired) electrons. The number of nitrogens with zero attached hydrogens (tertiary/aromatic N) is 2. The molecule has 0 unspecified atom stereocenters. The van der Waals surface area contributed by atoms with Crippen LogP contribution in [0.4, 0.5) is 13.2 Å². The van der Waals surface area contributed by atoms with Crippen LogP contribution in [0.15, 0.2) is 0 Å². The molecule has 1 aliphatic rings. The van der Waals surface area contributed by atoms with Crippen LogP contribution in [-0.2, 0) is 14.8 Å². The number of aliphatic carboxylic acids is 1. The van der Waals surface area contributed by atoms with Crippen molar-refractivity contribution in [2.75, 3.05) is 38.5 Å². The van der Waals surface area contributed by atoms with E-state index < -0.39 is 40.8 Å². The fourth-order valence-corrected chi connectivity index (χ4v) is 3.43. The molecule has 0 aromatic heterocycles. The SMILES string of the molecule is O=C(O)CN1CCN(S(=O)(=O)CCCC(F)(F)F)CC1. The van der Waals surface area contributed by atoms with Crippen LogP contribution in [-0.4, -0.2) is 73.4 Å². The van der Waals surface area contributed by atoms with Gasteiger partial charge in [-0.15, -0.1) is 0 Å². The number of carboxylic acid groups (broad SMARTS) is 1. The van der Waals surface area contributed by atoms with Gasteiger partial charge in [-0.3, -0.25) is 9.69 Å². The maximum Gasteiger partial charge on any atom is 0.389 e. The van der Waals surface area contributed by atoms with Crippen molar-refractivity contribution < 1.29 is 31.5 Å². The summed E-state index contributed by atoms with van der Waals surface area (Å²) in [5, 5.41) is 8.60. The first-order valence-electron chi connectivity index (χ1n) is 6.09. The summed E-state index contributed by atoms with van der Waals surface area (Å²) in [6, 6.07) is 0. The summed E-state index contributed by atoms with van der Waals surface area (Å²) in [6.07, 6.45) is -5.93. The van der Waals surface area contributed by atoms with Crippen molar-refractivity contribution in [2.45, 2.75) is 19.0 Å². The molecule has 10 heteroatoms. The lowest BCUT2D eigenvalue weighted by atomic mass is 10.3. The largest absolute Gasteiger partial charge is 0.480 e. The van der Waals surface area contributed by atoms with Gasteiger partial charge in [-0.2, -0.15) is 17.5 Å². The van der Waals surface area contributed by atoms with Crippen molar-refractivity contribution in [3.63, 3.8) is 0 Å². The number of sulfonamides is 1. The molecule has 0 atom stereocenters. The first-order chi connectivity index (χ1) is 9.10. The lowest BCUT2D eigenvalue weighted by molar-refractivity contribution is -0.138. The highest BCUT2D eigenvalue weighted by molar-refractivity contribution is 7.89. The fourth-order valence-electron chi connectivity index (χ4n) is 1.94. The Morgan fingerprint density at radius 1 is 1.15 bits per heavy atom. The van der Waals surface area contributed by atoms with E-state index in [-0.39, 0.29) is 32.7 Å². The predicted molar refractivity (Wildman–Crippen MR) is 64.7 cm³/mol. The molecule has 6 nitrogen and oxygen atoms in total. The van der Waals surface area contributed by atoms with Crippen LogP contribution >= 0.6 is 0 Å².